The summed E-state index contributed by atoms with van der Waals surface area (Å²) in [5, 5.41) is 11.3. The first-order valence-corrected chi connectivity index (χ1v) is 9.54. The second-order valence-corrected chi connectivity index (χ2v) is 7.18. The van der Waals surface area contributed by atoms with Gasteiger partial charge in [-0.25, -0.2) is 0 Å². The van der Waals surface area contributed by atoms with Gasteiger partial charge in [-0.2, -0.15) is 5.10 Å². The number of fused-ring (bicyclic) bond motifs is 1. The fraction of sp³-hybridized carbons (Fsp3) is 0.174. The quantitative estimate of drug-likeness (QED) is 0.488. The predicted molar refractivity (Wildman–Crippen MR) is 115 cm³/mol. The average Bonchev–Trinajstić information content (AvgIpc) is 3.12. The van der Waals surface area contributed by atoms with Crippen molar-refractivity contribution >= 4 is 16.8 Å². The van der Waals surface area contributed by atoms with Crippen molar-refractivity contribution < 1.29 is 4.79 Å². The smallest absolute Gasteiger partial charge is 0.270 e. The number of carbonyl (C=O) groups excluding carboxylic acids is 1. The molecule has 4 rings (SSSR count). The first-order valence-electron chi connectivity index (χ1n) is 9.54. The number of aryl methyl sites for hydroxylation is 2. The number of aromatic amines is 1. The van der Waals surface area contributed by atoms with Crippen molar-refractivity contribution in [1.29, 1.82) is 0 Å². The third-order valence-corrected chi connectivity index (χ3v) is 5.06. The molecule has 0 aliphatic rings. The van der Waals surface area contributed by atoms with E-state index in [2.05, 4.69) is 26.6 Å². The molecule has 0 bridgehead atoms. The fourth-order valence-corrected chi connectivity index (χ4v) is 3.46. The lowest BCUT2D eigenvalue weighted by molar-refractivity contribution is 0.0933. The average molecular weight is 385 g/mol. The molecule has 6 heteroatoms. The molecule has 0 saturated heterocycles. The Bertz CT molecular complexity index is 1180. The molecule has 1 amide bonds. The lowest BCUT2D eigenvalue weighted by Crippen LogP contribution is -2.33. The molecule has 0 saturated carbocycles. The van der Waals surface area contributed by atoms with Crippen molar-refractivity contribution in [3.05, 3.63) is 83.3 Å². The first kappa shape index (κ1) is 18.8. The number of nitrogens with zero attached hydrogens (tertiary/aromatic N) is 2. The van der Waals surface area contributed by atoms with E-state index in [0.29, 0.717) is 12.2 Å². The zero-order chi connectivity index (χ0) is 20.4. The maximum absolute atomic E-state index is 12.8. The molecule has 0 spiro atoms. The van der Waals surface area contributed by atoms with Crippen LogP contribution in [0, 0.1) is 13.8 Å². The number of aromatic nitrogens is 3. The van der Waals surface area contributed by atoms with Gasteiger partial charge in [-0.3, -0.25) is 14.9 Å². The van der Waals surface area contributed by atoms with Gasteiger partial charge in [-0.1, -0.05) is 35.9 Å². The van der Waals surface area contributed by atoms with Crippen molar-refractivity contribution in [3.63, 3.8) is 0 Å². The molecule has 6 nitrogen and oxygen atoms in total. The van der Waals surface area contributed by atoms with Gasteiger partial charge in [0.15, 0.2) is 0 Å². The standard InChI is InChI=1S/C23H23N5O/c1-14-4-3-5-18(10-14)22(13-24)26-23(29)21-12-17(8-9-25-21)16-6-7-20-19(11-16)15(2)27-28-20/h3-12,22H,13,24H2,1-2H3,(H,26,29)(H,27,28)/t22-/m1/s1. The molecule has 2 aromatic heterocycles. The van der Waals surface area contributed by atoms with Crippen LogP contribution in [0.4, 0.5) is 0 Å². The highest BCUT2D eigenvalue weighted by molar-refractivity contribution is 5.94. The van der Waals surface area contributed by atoms with Gasteiger partial charge in [-0.05, 0) is 54.8 Å². The van der Waals surface area contributed by atoms with Gasteiger partial charge in [0, 0.05) is 18.1 Å². The number of pyridine rings is 1. The Balaban J connectivity index is 1.60. The zero-order valence-electron chi connectivity index (χ0n) is 16.4. The third-order valence-electron chi connectivity index (χ3n) is 5.06. The Morgan fingerprint density at radius 3 is 2.72 bits per heavy atom. The van der Waals surface area contributed by atoms with Crippen molar-refractivity contribution in [3.8, 4) is 11.1 Å². The molecule has 29 heavy (non-hydrogen) atoms. The van der Waals surface area contributed by atoms with Gasteiger partial charge < -0.3 is 11.1 Å². The molecule has 2 aromatic carbocycles. The summed E-state index contributed by atoms with van der Waals surface area (Å²) in [6, 6.07) is 17.5. The second-order valence-electron chi connectivity index (χ2n) is 7.18. The number of rotatable bonds is 5. The normalized spacial score (nSPS) is 12.1. The van der Waals surface area contributed by atoms with Crippen LogP contribution in [0.5, 0.6) is 0 Å². The number of hydrogen-bond acceptors (Lipinski definition) is 4. The van der Waals surface area contributed by atoms with Crippen molar-refractivity contribution in [2.24, 2.45) is 5.73 Å². The number of H-pyrrole nitrogens is 1. The van der Waals surface area contributed by atoms with Crippen LogP contribution in [0.2, 0.25) is 0 Å². The number of nitrogens with two attached hydrogens (primary N) is 1. The van der Waals surface area contributed by atoms with E-state index in [1.54, 1.807) is 12.3 Å². The summed E-state index contributed by atoms with van der Waals surface area (Å²) < 4.78 is 0. The molecular formula is C23H23N5O. The van der Waals surface area contributed by atoms with Crippen LogP contribution in [0.25, 0.3) is 22.0 Å². The van der Waals surface area contributed by atoms with Crippen molar-refractivity contribution in [1.82, 2.24) is 20.5 Å². The minimum Gasteiger partial charge on any atom is -0.343 e. The molecule has 0 aliphatic heterocycles. The zero-order valence-corrected chi connectivity index (χ0v) is 16.4. The topological polar surface area (TPSA) is 96.7 Å². The minimum absolute atomic E-state index is 0.246. The molecule has 2 heterocycles. The number of hydrogen-bond donors (Lipinski definition) is 3. The summed E-state index contributed by atoms with van der Waals surface area (Å²) in [6.07, 6.45) is 1.65. The van der Waals surface area contributed by atoms with E-state index in [1.165, 1.54) is 0 Å². The summed E-state index contributed by atoms with van der Waals surface area (Å²) in [5.74, 6) is -0.246. The van der Waals surface area contributed by atoms with Gasteiger partial charge in [0.25, 0.3) is 5.91 Å². The lowest BCUT2D eigenvalue weighted by atomic mass is 10.0. The third kappa shape index (κ3) is 3.88. The number of benzene rings is 2. The monoisotopic (exact) mass is 385 g/mol. The maximum atomic E-state index is 12.8. The highest BCUT2D eigenvalue weighted by Gasteiger charge is 2.16. The van der Waals surface area contributed by atoms with Gasteiger partial charge in [0.2, 0.25) is 0 Å². The fourth-order valence-electron chi connectivity index (χ4n) is 3.46. The highest BCUT2D eigenvalue weighted by atomic mass is 16.1. The van der Waals surface area contributed by atoms with E-state index in [4.69, 9.17) is 5.73 Å². The van der Waals surface area contributed by atoms with Crippen LogP contribution >= 0.6 is 0 Å². The van der Waals surface area contributed by atoms with E-state index in [0.717, 1.165) is 38.9 Å². The lowest BCUT2D eigenvalue weighted by Gasteiger charge is -2.18. The summed E-state index contributed by atoms with van der Waals surface area (Å²) in [6.45, 7) is 4.29. The Labute approximate surface area is 169 Å². The van der Waals surface area contributed by atoms with Crippen LogP contribution in [-0.2, 0) is 0 Å². The van der Waals surface area contributed by atoms with E-state index in [-0.39, 0.29) is 11.9 Å². The Morgan fingerprint density at radius 1 is 1.10 bits per heavy atom. The number of nitrogens with one attached hydrogen (secondary N) is 2. The number of amides is 1. The highest BCUT2D eigenvalue weighted by Crippen LogP contribution is 2.25. The molecule has 4 N–H and O–H groups in total. The van der Waals surface area contributed by atoms with Gasteiger partial charge in [-0.15, -0.1) is 0 Å². The molecule has 0 unspecified atom stereocenters. The van der Waals surface area contributed by atoms with Crippen molar-refractivity contribution in [2.75, 3.05) is 6.54 Å². The molecule has 0 fully saturated rings. The largest absolute Gasteiger partial charge is 0.343 e. The van der Waals surface area contributed by atoms with Crippen LogP contribution in [0.15, 0.2) is 60.8 Å². The van der Waals surface area contributed by atoms with E-state index in [9.17, 15) is 4.79 Å². The molecular weight excluding hydrogens is 362 g/mol. The molecule has 1 atom stereocenters. The predicted octanol–water partition coefficient (Wildman–Crippen LogP) is 3.67. The van der Waals surface area contributed by atoms with E-state index >= 15 is 0 Å². The van der Waals surface area contributed by atoms with Gasteiger partial charge in [0.05, 0.1) is 17.3 Å². The summed E-state index contributed by atoms with van der Waals surface area (Å²) in [4.78, 5) is 17.1. The second kappa shape index (κ2) is 7.85. The van der Waals surface area contributed by atoms with E-state index < -0.39 is 0 Å². The summed E-state index contributed by atoms with van der Waals surface area (Å²) in [5.41, 5.74) is 12.2. The SMILES string of the molecule is Cc1cccc([C@@H](CN)NC(=O)c2cc(-c3ccc4[nH]nc(C)c4c3)ccn2)c1. The maximum Gasteiger partial charge on any atom is 0.270 e. The Morgan fingerprint density at radius 2 is 1.93 bits per heavy atom. The summed E-state index contributed by atoms with van der Waals surface area (Å²) >= 11 is 0. The first-order chi connectivity index (χ1) is 14.0. The van der Waals surface area contributed by atoms with Crippen molar-refractivity contribution in [2.45, 2.75) is 19.9 Å². The molecule has 4 aromatic rings. The molecule has 0 radical (unpaired) electrons. The minimum atomic E-state index is -0.266. The van der Waals surface area contributed by atoms with E-state index in [1.807, 2.05) is 56.3 Å². The van der Waals surface area contributed by atoms with Crippen LogP contribution < -0.4 is 11.1 Å². The number of carbonyl (C=O) groups is 1. The molecule has 146 valence electrons. The van der Waals surface area contributed by atoms with Crippen LogP contribution in [-0.4, -0.2) is 27.6 Å². The van der Waals surface area contributed by atoms with Crippen LogP contribution in [0.1, 0.15) is 33.4 Å². The van der Waals surface area contributed by atoms with Crippen LogP contribution in [0.3, 0.4) is 0 Å². The molecule has 0 aliphatic carbocycles. The Hall–Kier alpha value is -3.51. The summed E-state index contributed by atoms with van der Waals surface area (Å²) in [7, 11) is 0. The Kier molecular flexibility index (Phi) is 5.10. The van der Waals surface area contributed by atoms with Gasteiger partial charge >= 0.3 is 0 Å². The van der Waals surface area contributed by atoms with Gasteiger partial charge in [0.1, 0.15) is 5.69 Å².